The van der Waals surface area contributed by atoms with Crippen molar-refractivity contribution < 1.29 is 18.8 Å². The van der Waals surface area contributed by atoms with Crippen molar-refractivity contribution in [3.05, 3.63) is 59.9 Å². The van der Waals surface area contributed by atoms with E-state index in [1.54, 1.807) is 36.4 Å². The fraction of sp³-hybridized carbons (Fsp3) is 0.318. The lowest BCUT2D eigenvalue weighted by Gasteiger charge is -2.27. The van der Waals surface area contributed by atoms with Crippen molar-refractivity contribution in [1.82, 2.24) is 0 Å². The third kappa shape index (κ3) is 4.82. The molecule has 2 aromatic rings. The van der Waals surface area contributed by atoms with Crippen molar-refractivity contribution in [3.8, 4) is 0 Å². The third-order valence-corrected chi connectivity index (χ3v) is 5.16. The average molecular weight is 382 g/mol. The molecule has 0 saturated heterocycles. The highest BCUT2D eigenvalue weighted by atomic mass is 19.1. The summed E-state index contributed by atoms with van der Waals surface area (Å²) in [6.45, 7) is 1.49. The Hall–Kier alpha value is -3.02. The molecule has 0 aliphatic heterocycles. The lowest BCUT2D eigenvalue weighted by molar-refractivity contribution is -0.125. The summed E-state index contributed by atoms with van der Waals surface area (Å²) in [5.41, 5.74) is 1.43. The Morgan fingerprint density at radius 3 is 1.89 bits per heavy atom. The van der Waals surface area contributed by atoms with E-state index in [1.807, 2.05) is 0 Å². The Bertz CT molecular complexity index is 872. The molecule has 2 N–H and O–H groups in total. The van der Waals surface area contributed by atoms with Gasteiger partial charge in [-0.25, -0.2) is 4.39 Å². The van der Waals surface area contributed by atoms with E-state index in [1.165, 1.54) is 19.1 Å². The number of halogens is 1. The van der Waals surface area contributed by atoms with Crippen LogP contribution in [0.1, 0.15) is 43.0 Å². The van der Waals surface area contributed by atoms with E-state index in [9.17, 15) is 18.8 Å². The highest BCUT2D eigenvalue weighted by molar-refractivity contribution is 5.96. The van der Waals surface area contributed by atoms with Gasteiger partial charge in [0.05, 0.1) is 5.69 Å². The number of benzene rings is 2. The van der Waals surface area contributed by atoms with Crippen LogP contribution in [-0.4, -0.2) is 17.6 Å². The standard InChI is InChI=1S/C22H23FN2O3/c1-14(26)15-10-12-18(13-11-15)24-21(27)16-6-8-17(9-7-16)22(28)25-20-5-3-2-4-19(20)23/h2-5,10-13,16-17H,6-9H2,1H3,(H,24,27)(H,25,28). The van der Waals surface area contributed by atoms with Gasteiger partial charge in [0.2, 0.25) is 11.8 Å². The molecule has 0 heterocycles. The van der Waals surface area contributed by atoms with Gasteiger partial charge in [0.1, 0.15) is 5.82 Å². The summed E-state index contributed by atoms with van der Waals surface area (Å²) in [6, 6.07) is 12.9. The van der Waals surface area contributed by atoms with Gasteiger partial charge in [-0.1, -0.05) is 12.1 Å². The quantitative estimate of drug-likeness (QED) is 0.752. The highest BCUT2D eigenvalue weighted by Crippen LogP contribution is 2.31. The summed E-state index contributed by atoms with van der Waals surface area (Å²) in [5.74, 6) is -1.15. The van der Waals surface area contributed by atoms with Crippen LogP contribution in [0, 0.1) is 17.7 Å². The number of carbonyl (C=O) groups excluding carboxylic acids is 3. The van der Waals surface area contributed by atoms with Crippen LogP contribution in [0.2, 0.25) is 0 Å². The van der Waals surface area contributed by atoms with E-state index in [0.717, 1.165) is 0 Å². The molecule has 1 fully saturated rings. The fourth-order valence-corrected chi connectivity index (χ4v) is 3.45. The summed E-state index contributed by atoms with van der Waals surface area (Å²) < 4.78 is 13.7. The van der Waals surface area contributed by atoms with Crippen molar-refractivity contribution in [2.45, 2.75) is 32.6 Å². The van der Waals surface area contributed by atoms with Gasteiger partial charge in [0.15, 0.2) is 5.78 Å². The van der Waals surface area contributed by atoms with Gasteiger partial charge in [0, 0.05) is 23.1 Å². The van der Waals surface area contributed by atoms with Gasteiger partial charge >= 0.3 is 0 Å². The fourth-order valence-electron chi connectivity index (χ4n) is 3.45. The van der Waals surface area contributed by atoms with Gasteiger partial charge in [-0.05, 0) is 69.0 Å². The second-order valence-electron chi connectivity index (χ2n) is 7.14. The number of nitrogens with one attached hydrogen (secondary N) is 2. The normalized spacial score (nSPS) is 18.9. The maximum Gasteiger partial charge on any atom is 0.227 e. The molecular weight excluding hydrogens is 359 g/mol. The summed E-state index contributed by atoms with van der Waals surface area (Å²) in [4.78, 5) is 36.1. The van der Waals surface area contributed by atoms with Crippen molar-refractivity contribution in [2.75, 3.05) is 10.6 Å². The molecule has 0 aromatic heterocycles. The van der Waals surface area contributed by atoms with Crippen LogP contribution in [0.15, 0.2) is 48.5 Å². The molecular formula is C22H23FN2O3. The number of carbonyl (C=O) groups is 3. The zero-order valence-electron chi connectivity index (χ0n) is 15.7. The van der Waals surface area contributed by atoms with E-state index in [-0.39, 0.29) is 35.1 Å². The van der Waals surface area contributed by atoms with Gasteiger partial charge in [0.25, 0.3) is 0 Å². The van der Waals surface area contributed by atoms with Gasteiger partial charge in [-0.2, -0.15) is 0 Å². The molecule has 6 heteroatoms. The maximum atomic E-state index is 13.7. The topological polar surface area (TPSA) is 75.3 Å². The third-order valence-electron chi connectivity index (χ3n) is 5.16. The number of ketones is 1. The van der Waals surface area contributed by atoms with E-state index < -0.39 is 5.82 Å². The minimum Gasteiger partial charge on any atom is -0.326 e. The van der Waals surface area contributed by atoms with E-state index >= 15 is 0 Å². The molecule has 2 aromatic carbocycles. The molecule has 28 heavy (non-hydrogen) atoms. The van der Waals surface area contributed by atoms with Gasteiger partial charge < -0.3 is 10.6 Å². The zero-order valence-corrected chi connectivity index (χ0v) is 15.7. The average Bonchev–Trinajstić information content (AvgIpc) is 2.70. The largest absolute Gasteiger partial charge is 0.326 e. The Kier molecular flexibility index (Phi) is 6.19. The number of para-hydroxylation sites is 1. The second-order valence-corrected chi connectivity index (χ2v) is 7.14. The first-order valence-electron chi connectivity index (χ1n) is 9.41. The number of Topliss-reactive ketones (excluding diaryl/α,β-unsaturated/α-hetero) is 1. The molecule has 0 bridgehead atoms. The van der Waals surface area contributed by atoms with E-state index in [2.05, 4.69) is 10.6 Å². The van der Waals surface area contributed by atoms with Crippen molar-refractivity contribution >= 4 is 29.0 Å². The van der Waals surface area contributed by atoms with Crippen LogP contribution in [0.25, 0.3) is 0 Å². The summed E-state index contributed by atoms with van der Waals surface area (Å²) in [5, 5.41) is 5.50. The summed E-state index contributed by atoms with van der Waals surface area (Å²) >= 11 is 0. The molecule has 3 rings (SSSR count). The highest BCUT2D eigenvalue weighted by Gasteiger charge is 2.30. The molecule has 146 valence electrons. The first kappa shape index (κ1) is 19.7. The van der Waals surface area contributed by atoms with Crippen LogP contribution in [0.4, 0.5) is 15.8 Å². The Balaban J connectivity index is 1.50. The molecule has 0 unspecified atom stereocenters. The summed E-state index contributed by atoms with van der Waals surface area (Å²) in [6.07, 6.45) is 2.38. The van der Waals surface area contributed by atoms with E-state index in [0.29, 0.717) is 36.9 Å². The predicted molar refractivity (Wildman–Crippen MR) is 106 cm³/mol. The smallest absolute Gasteiger partial charge is 0.227 e. The number of anilines is 2. The predicted octanol–water partition coefficient (Wildman–Crippen LogP) is 4.41. The molecule has 1 saturated carbocycles. The Labute approximate surface area is 163 Å². The Morgan fingerprint density at radius 1 is 0.821 bits per heavy atom. The lowest BCUT2D eigenvalue weighted by Crippen LogP contribution is -2.32. The number of amides is 2. The van der Waals surface area contributed by atoms with Gasteiger partial charge in [-0.3, -0.25) is 14.4 Å². The molecule has 0 spiro atoms. The molecule has 2 amide bonds. The van der Waals surface area contributed by atoms with Crippen molar-refractivity contribution in [3.63, 3.8) is 0 Å². The zero-order chi connectivity index (χ0) is 20.1. The van der Waals surface area contributed by atoms with Crippen LogP contribution in [-0.2, 0) is 9.59 Å². The number of hydrogen-bond donors (Lipinski definition) is 2. The minimum atomic E-state index is -0.459. The SMILES string of the molecule is CC(=O)c1ccc(NC(=O)C2CCC(C(=O)Nc3ccccc3F)CC2)cc1. The summed E-state index contributed by atoms with van der Waals surface area (Å²) in [7, 11) is 0. The monoisotopic (exact) mass is 382 g/mol. The van der Waals surface area contributed by atoms with Crippen LogP contribution in [0.5, 0.6) is 0 Å². The molecule has 1 aliphatic carbocycles. The molecule has 5 nitrogen and oxygen atoms in total. The maximum absolute atomic E-state index is 13.7. The van der Waals surface area contributed by atoms with Crippen LogP contribution < -0.4 is 10.6 Å². The molecule has 0 radical (unpaired) electrons. The lowest BCUT2D eigenvalue weighted by atomic mass is 9.81. The second kappa shape index (κ2) is 8.78. The Morgan fingerprint density at radius 2 is 1.36 bits per heavy atom. The number of rotatable bonds is 5. The van der Waals surface area contributed by atoms with Crippen molar-refractivity contribution in [2.24, 2.45) is 11.8 Å². The van der Waals surface area contributed by atoms with E-state index in [4.69, 9.17) is 0 Å². The minimum absolute atomic E-state index is 0.0233. The van der Waals surface area contributed by atoms with Crippen LogP contribution in [0.3, 0.4) is 0 Å². The molecule has 0 atom stereocenters. The first-order valence-corrected chi connectivity index (χ1v) is 9.41. The van der Waals surface area contributed by atoms with Crippen LogP contribution >= 0.6 is 0 Å². The molecule has 1 aliphatic rings. The van der Waals surface area contributed by atoms with Crippen molar-refractivity contribution in [1.29, 1.82) is 0 Å². The number of hydrogen-bond acceptors (Lipinski definition) is 3. The van der Waals surface area contributed by atoms with Gasteiger partial charge in [-0.15, -0.1) is 0 Å². The first-order chi connectivity index (χ1) is 13.4.